The van der Waals surface area contributed by atoms with Gasteiger partial charge in [0.05, 0.1) is 11.3 Å². The summed E-state index contributed by atoms with van der Waals surface area (Å²) in [5, 5.41) is 4.35. The highest BCUT2D eigenvalue weighted by Gasteiger charge is 2.44. The molecule has 0 spiro atoms. The number of piperidine rings is 1. The zero-order valence-electron chi connectivity index (χ0n) is 18.7. The van der Waals surface area contributed by atoms with Crippen molar-refractivity contribution < 1.29 is 22.5 Å². The number of carbonyl (C=O) groups is 1. The Balaban J connectivity index is 1.13. The van der Waals surface area contributed by atoms with Gasteiger partial charge in [0.1, 0.15) is 23.3 Å². The number of rotatable bonds is 5. The number of hydrogen-bond donors (Lipinski definition) is 1. The normalized spacial score (nSPS) is 18.5. The Labute approximate surface area is 191 Å². The summed E-state index contributed by atoms with van der Waals surface area (Å²) in [5.41, 5.74) is 3.47. The summed E-state index contributed by atoms with van der Waals surface area (Å²) in [6.45, 7) is 4.86. The highest BCUT2D eigenvalue weighted by molar-refractivity contribution is 7.89. The smallest absolute Gasteiger partial charge is 0.410 e. The average Bonchev–Trinajstić information content (AvgIpc) is 3.34. The molecule has 0 radical (unpaired) electrons. The summed E-state index contributed by atoms with van der Waals surface area (Å²) in [4.78, 5) is 21.3. The maximum Gasteiger partial charge on any atom is 0.410 e. The molecular formula is C22H27N5O5S. The van der Waals surface area contributed by atoms with Crippen LogP contribution >= 0.6 is 0 Å². The molecule has 5 rings (SSSR count). The minimum absolute atomic E-state index is 0.0603. The van der Waals surface area contributed by atoms with E-state index in [1.807, 2.05) is 18.3 Å². The molecule has 0 unspecified atom stereocenters. The Morgan fingerprint density at radius 1 is 1.27 bits per heavy atom. The van der Waals surface area contributed by atoms with Crippen LogP contribution in [0, 0.1) is 13.8 Å². The quantitative estimate of drug-likeness (QED) is 0.605. The molecule has 10 nitrogen and oxygen atoms in total. The van der Waals surface area contributed by atoms with Gasteiger partial charge in [-0.25, -0.2) is 22.5 Å². The fourth-order valence-electron chi connectivity index (χ4n) is 4.66. The Morgan fingerprint density at radius 3 is 2.73 bits per heavy atom. The lowest BCUT2D eigenvalue weighted by Crippen LogP contribution is -2.60. The van der Waals surface area contributed by atoms with Crippen molar-refractivity contribution in [1.82, 2.24) is 24.3 Å². The fourth-order valence-corrected chi connectivity index (χ4v) is 6.53. The number of H-pyrrole nitrogens is 1. The number of aryl methyl sites for hydroxylation is 2. The van der Waals surface area contributed by atoms with Gasteiger partial charge in [0.15, 0.2) is 0 Å². The van der Waals surface area contributed by atoms with Crippen molar-refractivity contribution in [3.8, 4) is 0 Å². The number of nitrogens with one attached hydrogen (secondary N) is 1. The van der Waals surface area contributed by atoms with Gasteiger partial charge in [0, 0.05) is 44.0 Å². The summed E-state index contributed by atoms with van der Waals surface area (Å²) in [7, 11) is -3.46. The molecule has 0 saturated carbocycles. The largest absolute Gasteiger partial charge is 0.444 e. The van der Waals surface area contributed by atoms with Crippen molar-refractivity contribution in [2.45, 2.75) is 44.5 Å². The molecule has 2 saturated heterocycles. The number of carbonyl (C=O) groups excluding carboxylic acids is 1. The van der Waals surface area contributed by atoms with Crippen molar-refractivity contribution in [2.24, 2.45) is 0 Å². The number of hydrogen-bond acceptors (Lipinski definition) is 7. The van der Waals surface area contributed by atoms with E-state index in [0.717, 1.165) is 29.4 Å². The number of aromatic amines is 1. The highest BCUT2D eigenvalue weighted by Crippen LogP contribution is 2.34. The van der Waals surface area contributed by atoms with Gasteiger partial charge in [-0.1, -0.05) is 5.16 Å². The van der Waals surface area contributed by atoms with Gasteiger partial charge in [0.2, 0.25) is 10.0 Å². The monoisotopic (exact) mass is 473 g/mol. The van der Waals surface area contributed by atoms with Gasteiger partial charge in [-0.05, 0) is 50.3 Å². The molecule has 0 bridgehead atoms. The number of fused-ring (bicyclic) bond motifs is 1. The van der Waals surface area contributed by atoms with Crippen LogP contribution in [0.25, 0.3) is 11.0 Å². The molecule has 11 heteroatoms. The summed E-state index contributed by atoms with van der Waals surface area (Å²) in [6.07, 6.45) is 4.75. The van der Waals surface area contributed by atoms with E-state index < -0.39 is 21.4 Å². The van der Waals surface area contributed by atoms with Crippen LogP contribution in [0.3, 0.4) is 0 Å². The molecule has 1 N–H and O–H groups in total. The van der Waals surface area contributed by atoms with Gasteiger partial charge in [0.25, 0.3) is 0 Å². The molecule has 33 heavy (non-hydrogen) atoms. The van der Waals surface area contributed by atoms with Crippen molar-refractivity contribution in [1.29, 1.82) is 0 Å². The number of nitrogens with zero attached hydrogens (tertiary/aromatic N) is 4. The Hall–Kier alpha value is -2.92. The molecule has 0 aromatic carbocycles. The molecule has 1 amide bonds. The molecule has 0 atom stereocenters. The molecule has 5 heterocycles. The SMILES string of the molecule is Cc1noc(C)c1COC(=O)N1CC(S(=O)(=O)N2CCC(c3c[nH]c4ncccc34)CC2)C1. The third-order valence-electron chi connectivity index (χ3n) is 6.79. The molecule has 0 aliphatic carbocycles. The molecule has 176 valence electrons. The zero-order chi connectivity index (χ0) is 23.2. The maximum absolute atomic E-state index is 13.1. The van der Waals surface area contributed by atoms with E-state index in [9.17, 15) is 13.2 Å². The number of aromatic nitrogens is 3. The predicted molar refractivity (Wildman–Crippen MR) is 120 cm³/mol. The van der Waals surface area contributed by atoms with Gasteiger partial charge >= 0.3 is 6.09 Å². The van der Waals surface area contributed by atoms with E-state index in [1.54, 1.807) is 24.3 Å². The minimum Gasteiger partial charge on any atom is -0.444 e. The van der Waals surface area contributed by atoms with Crippen molar-refractivity contribution in [3.63, 3.8) is 0 Å². The highest BCUT2D eigenvalue weighted by atomic mass is 32.2. The number of likely N-dealkylation sites (tertiary alicyclic amines) is 1. The van der Waals surface area contributed by atoms with Crippen LogP contribution in [0.5, 0.6) is 0 Å². The van der Waals surface area contributed by atoms with Crippen LogP contribution in [0.1, 0.15) is 41.3 Å². The first-order chi connectivity index (χ1) is 15.8. The van der Waals surface area contributed by atoms with Gasteiger partial charge < -0.3 is 19.1 Å². The second kappa shape index (κ2) is 8.45. The first-order valence-electron chi connectivity index (χ1n) is 11.1. The number of ether oxygens (including phenoxy) is 1. The lowest BCUT2D eigenvalue weighted by Gasteiger charge is -2.41. The summed E-state index contributed by atoms with van der Waals surface area (Å²) < 4.78 is 38.1. The maximum atomic E-state index is 13.1. The third-order valence-corrected chi connectivity index (χ3v) is 9.01. The van der Waals surface area contributed by atoms with E-state index in [1.165, 1.54) is 10.5 Å². The van der Waals surface area contributed by atoms with Crippen LogP contribution in [-0.4, -0.2) is 70.3 Å². The van der Waals surface area contributed by atoms with Crippen LogP contribution in [0.15, 0.2) is 29.0 Å². The molecule has 3 aromatic heterocycles. The standard InChI is InChI=1S/C22H27N5O5S/c1-14-20(15(2)32-25-14)13-31-22(28)26-11-17(12-26)33(29,30)27-8-5-16(6-9-27)19-10-24-21-18(19)4-3-7-23-21/h3-4,7,10,16-17H,5-6,8-9,11-13H2,1-2H3,(H,23,24). The van der Waals surface area contributed by atoms with E-state index in [2.05, 4.69) is 15.1 Å². The molecular weight excluding hydrogens is 446 g/mol. The van der Waals surface area contributed by atoms with Crippen LogP contribution < -0.4 is 0 Å². The summed E-state index contributed by atoms with van der Waals surface area (Å²) >= 11 is 0. The van der Waals surface area contributed by atoms with Gasteiger partial charge in [-0.3, -0.25) is 0 Å². The first kappa shape index (κ1) is 21.9. The minimum atomic E-state index is -3.46. The lowest BCUT2D eigenvalue weighted by molar-refractivity contribution is 0.0754. The second-order valence-corrected chi connectivity index (χ2v) is 11.0. The molecule has 2 aliphatic rings. The van der Waals surface area contributed by atoms with Crippen LogP contribution in [0.2, 0.25) is 0 Å². The van der Waals surface area contributed by atoms with Crippen LogP contribution in [-0.2, 0) is 21.4 Å². The van der Waals surface area contributed by atoms with E-state index in [4.69, 9.17) is 9.26 Å². The zero-order valence-corrected chi connectivity index (χ0v) is 19.5. The Bertz CT molecular complexity index is 1250. The van der Waals surface area contributed by atoms with Gasteiger partial charge in [-0.15, -0.1) is 0 Å². The summed E-state index contributed by atoms with van der Waals surface area (Å²) in [6, 6.07) is 3.96. The topological polar surface area (TPSA) is 122 Å². The van der Waals surface area contributed by atoms with Crippen molar-refractivity contribution in [2.75, 3.05) is 26.2 Å². The predicted octanol–water partition coefficient (Wildman–Crippen LogP) is 2.70. The third kappa shape index (κ3) is 3.99. The summed E-state index contributed by atoms with van der Waals surface area (Å²) in [5.74, 6) is 0.906. The fraction of sp³-hybridized carbons (Fsp3) is 0.500. The van der Waals surface area contributed by atoms with E-state index >= 15 is 0 Å². The van der Waals surface area contributed by atoms with E-state index in [0.29, 0.717) is 30.5 Å². The first-order valence-corrected chi connectivity index (χ1v) is 12.6. The second-order valence-electron chi connectivity index (χ2n) is 8.75. The Kier molecular flexibility index (Phi) is 5.61. The molecule has 3 aromatic rings. The van der Waals surface area contributed by atoms with Crippen molar-refractivity contribution in [3.05, 3.63) is 47.1 Å². The molecule has 2 fully saturated rings. The number of amides is 1. The molecule has 2 aliphatic heterocycles. The van der Waals surface area contributed by atoms with Crippen molar-refractivity contribution >= 4 is 27.1 Å². The number of sulfonamides is 1. The van der Waals surface area contributed by atoms with E-state index in [-0.39, 0.29) is 19.7 Å². The lowest BCUT2D eigenvalue weighted by atomic mass is 9.90. The average molecular weight is 474 g/mol. The number of pyridine rings is 1. The Morgan fingerprint density at radius 2 is 2.03 bits per heavy atom. The van der Waals surface area contributed by atoms with Gasteiger partial charge in [-0.2, -0.15) is 0 Å². The van der Waals surface area contributed by atoms with Crippen LogP contribution in [0.4, 0.5) is 4.79 Å².